The molecule has 1 heterocycles. The lowest BCUT2D eigenvalue weighted by molar-refractivity contribution is 1.19. The summed E-state index contributed by atoms with van der Waals surface area (Å²) in [6, 6.07) is 17.5. The Bertz CT molecular complexity index is 800. The third-order valence-electron chi connectivity index (χ3n) is 3.28. The molecule has 0 aliphatic heterocycles. The Morgan fingerprint density at radius 1 is 0.905 bits per heavy atom. The predicted octanol–water partition coefficient (Wildman–Crippen LogP) is 4.35. The fourth-order valence-electron chi connectivity index (χ4n) is 2.26. The van der Waals surface area contributed by atoms with Crippen LogP contribution in [0.15, 0.2) is 54.6 Å². The molecule has 0 amide bonds. The Hall–Kier alpha value is -2.39. The summed E-state index contributed by atoms with van der Waals surface area (Å²) in [7, 11) is 0. The minimum absolute atomic E-state index is 0.255. The van der Waals surface area contributed by atoms with E-state index in [0.29, 0.717) is 5.02 Å². The molecule has 0 aliphatic carbocycles. The average Bonchev–Trinajstić information content (AvgIpc) is 2.47. The monoisotopic (exact) mass is 295 g/mol. The molecule has 0 fully saturated rings. The fraction of sp³-hybridized carbons (Fsp3) is 0.0588. The van der Waals surface area contributed by atoms with Gasteiger partial charge in [0.25, 0.3) is 0 Å². The minimum Gasteiger partial charge on any atom is -0.368 e. The Kier molecular flexibility index (Phi) is 3.59. The summed E-state index contributed by atoms with van der Waals surface area (Å²) in [5, 5.41) is 0.669. The molecule has 3 rings (SSSR count). The summed E-state index contributed by atoms with van der Waals surface area (Å²) in [6.07, 6.45) is 0. The van der Waals surface area contributed by atoms with Crippen molar-refractivity contribution >= 4 is 17.5 Å². The second kappa shape index (κ2) is 5.54. The van der Waals surface area contributed by atoms with Gasteiger partial charge >= 0.3 is 0 Å². The summed E-state index contributed by atoms with van der Waals surface area (Å²) >= 11 is 6.04. The Morgan fingerprint density at radius 3 is 2.43 bits per heavy atom. The molecule has 0 saturated carbocycles. The van der Waals surface area contributed by atoms with Crippen LogP contribution in [-0.2, 0) is 0 Å². The van der Waals surface area contributed by atoms with Gasteiger partial charge < -0.3 is 5.73 Å². The maximum atomic E-state index is 6.04. The normalized spacial score (nSPS) is 10.6. The molecule has 1 aromatic heterocycles. The maximum absolute atomic E-state index is 6.04. The van der Waals surface area contributed by atoms with Crippen molar-refractivity contribution in [3.63, 3.8) is 0 Å². The molecule has 2 aromatic carbocycles. The van der Waals surface area contributed by atoms with Crippen molar-refractivity contribution in [2.75, 3.05) is 5.73 Å². The van der Waals surface area contributed by atoms with E-state index in [0.717, 1.165) is 28.1 Å². The predicted molar refractivity (Wildman–Crippen MR) is 87.1 cm³/mol. The van der Waals surface area contributed by atoms with Crippen LogP contribution in [0.3, 0.4) is 0 Å². The van der Waals surface area contributed by atoms with E-state index in [1.54, 1.807) is 0 Å². The van der Waals surface area contributed by atoms with E-state index in [9.17, 15) is 0 Å². The highest BCUT2D eigenvalue weighted by Crippen LogP contribution is 2.27. The van der Waals surface area contributed by atoms with Crippen molar-refractivity contribution in [2.45, 2.75) is 6.92 Å². The SMILES string of the molecule is Cc1ccccc1-c1cc(-c2cccc(Cl)c2)nc(N)n1. The standard InChI is InChI=1S/C17H14ClN3/c1-11-5-2-3-8-14(11)16-10-15(20-17(19)21-16)12-6-4-7-13(18)9-12/h2-10H,1H3,(H2,19,20,21). The van der Waals surface area contributed by atoms with Gasteiger partial charge in [-0.2, -0.15) is 0 Å². The molecule has 0 radical (unpaired) electrons. The van der Waals surface area contributed by atoms with Gasteiger partial charge in [0.15, 0.2) is 0 Å². The summed E-state index contributed by atoms with van der Waals surface area (Å²) in [5.74, 6) is 0.255. The van der Waals surface area contributed by atoms with E-state index in [2.05, 4.69) is 9.97 Å². The maximum Gasteiger partial charge on any atom is 0.221 e. The molecule has 4 heteroatoms. The Morgan fingerprint density at radius 2 is 1.67 bits per heavy atom. The topological polar surface area (TPSA) is 51.8 Å². The average molecular weight is 296 g/mol. The molecular formula is C17H14ClN3. The number of anilines is 1. The fourth-order valence-corrected chi connectivity index (χ4v) is 2.45. The number of rotatable bonds is 2. The molecule has 2 N–H and O–H groups in total. The van der Waals surface area contributed by atoms with Crippen LogP contribution in [0.4, 0.5) is 5.95 Å². The molecule has 21 heavy (non-hydrogen) atoms. The largest absolute Gasteiger partial charge is 0.368 e. The molecule has 3 nitrogen and oxygen atoms in total. The number of aryl methyl sites for hydroxylation is 1. The van der Waals surface area contributed by atoms with Gasteiger partial charge in [-0.1, -0.05) is 48.0 Å². The van der Waals surface area contributed by atoms with Crippen molar-refractivity contribution in [2.24, 2.45) is 0 Å². The number of nitrogens with two attached hydrogens (primary N) is 1. The third-order valence-corrected chi connectivity index (χ3v) is 3.52. The quantitative estimate of drug-likeness (QED) is 0.764. The highest BCUT2D eigenvalue weighted by molar-refractivity contribution is 6.30. The van der Waals surface area contributed by atoms with Crippen molar-refractivity contribution in [3.8, 4) is 22.5 Å². The second-order valence-corrected chi connectivity index (χ2v) is 5.26. The van der Waals surface area contributed by atoms with Crippen LogP contribution >= 0.6 is 11.6 Å². The first-order chi connectivity index (χ1) is 10.1. The lowest BCUT2D eigenvalue weighted by atomic mass is 10.0. The first kappa shape index (κ1) is 13.6. The second-order valence-electron chi connectivity index (χ2n) is 4.82. The van der Waals surface area contributed by atoms with Crippen molar-refractivity contribution < 1.29 is 0 Å². The van der Waals surface area contributed by atoms with Crippen LogP contribution in [0.1, 0.15) is 5.56 Å². The highest BCUT2D eigenvalue weighted by Gasteiger charge is 2.08. The summed E-state index contributed by atoms with van der Waals surface area (Å²) in [4.78, 5) is 8.65. The van der Waals surface area contributed by atoms with E-state index in [4.69, 9.17) is 17.3 Å². The van der Waals surface area contributed by atoms with Gasteiger partial charge in [-0.05, 0) is 30.7 Å². The number of aromatic nitrogens is 2. The molecule has 0 atom stereocenters. The van der Waals surface area contributed by atoms with Gasteiger partial charge in [0, 0.05) is 16.1 Å². The van der Waals surface area contributed by atoms with Crippen LogP contribution < -0.4 is 5.73 Å². The minimum atomic E-state index is 0.255. The van der Waals surface area contributed by atoms with E-state index in [1.807, 2.05) is 61.5 Å². The van der Waals surface area contributed by atoms with Crippen LogP contribution in [0.25, 0.3) is 22.5 Å². The van der Waals surface area contributed by atoms with Gasteiger partial charge in [0.1, 0.15) is 0 Å². The van der Waals surface area contributed by atoms with E-state index in [-0.39, 0.29) is 5.95 Å². The van der Waals surface area contributed by atoms with Gasteiger partial charge in [0.05, 0.1) is 11.4 Å². The van der Waals surface area contributed by atoms with Crippen molar-refractivity contribution in [3.05, 3.63) is 65.2 Å². The highest BCUT2D eigenvalue weighted by atomic mass is 35.5. The van der Waals surface area contributed by atoms with Gasteiger partial charge in [0.2, 0.25) is 5.95 Å². The number of nitrogens with zero attached hydrogens (tertiary/aromatic N) is 2. The van der Waals surface area contributed by atoms with Crippen LogP contribution in [-0.4, -0.2) is 9.97 Å². The van der Waals surface area contributed by atoms with E-state index >= 15 is 0 Å². The number of hydrogen-bond acceptors (Lipinski definition) is 3. The number of halogens is 1. The lowest BCUT2D eigenvalue weighted by Gasteiger charge is -2.08. The Labute approximate surface area is 128 Å². The molecule has 0 aliphatic rings. The zero-order valence-corrected chi connectivity index (χ0v) is 12.3. The van der Waals surface area contributed by atoms with Crippen molar-refractivity contribution in [1.29, 1.82) is 0 Å². The number of nitrogen functional groups attached to an aromatic ring is 1. The molecular weight excluding hydrogens is 282 g/mol. The number of benzene rings is 2. The zero-order chi connectivity index (χ0) is 14.8. The van der Waals surface area contributed by atoms with Gasteiger partial charge in [-0.3, -0.25) is 0 Å². The number of hydrogen-bond donors (Lipinski definition) is 1. The third kappa shape index (κ3) is 2.88. The Balaban J connectivity index is 2.15. The molecule has 0 bridgehead atoms. The summed E-state index contributed by atoms with van der Waals surface area (Å²) in [5.41, 5.74) is 10.6. The molecule has 104 valence electrons. The smallest absolute Gasteiger partial charge is 0.221 e. The first-order valence-corrected chi connectivity index (χ1v) is 6.98. The summed E-state index contributed by atoms with van der Waals surface area (Å²) < 4.78 is 0. The van der Waals surface area contributed by atoms with E-state index < -0.39 is 0 Å². The van der Waals surface area contributed by atoms with E-state index in [1.165, 1.54) is 0 Å². The molecule has 3 aromatic rings. The van der Waals surface area contributed by atoms with Crippen LogP contribution in [0.2, 0.25) is 5.02 Å². The lowest BCUT2D eigenvalue weighted by Crippen LogP contribution is -1.99. The van der Waals surface area contributed by atoms with Gasteiger partial charge in [-0.15, -0.1) is 0 Å². The summed E-state index contributed by atoms with van der Waals surface area (Å²) in [6.45, 7) is 2.05. The van der Waals surface area contributed by atoms with Gasteiger partial charge in [-0.25, -0.2) is 9.97 Å². The van der Waals surface area contributed by atoms with Crippen LogP contribution in [0.5, 0.6) is 0 Å². The molecule has 0 spiro atoms. The van der Waals surface area contributed by atoms with Crippen molar-refractivity contribution in [1.82, 2.24) is 9.97 Å². The van der Waals surface area contributed by atoms with Crippen LogP contribution in [0, 0.1) is 6.92 Å². The molecule has 0 unspecified atom stereocenters. The first-order valence-electron chi connectivity index (χ1n) is 6.60. The molecule has 0 saturated heterocycles. The zero-order valence-electron chi connectivity index (χ0n) is 11.5.